The topological polar surface area (TPSA) is 108 Å². The fourth-order valence-corrected chi connectivity index (χ4v) is 1.91. The summed E-state index contributed by atoms with van der Waals surface area (Å²) in [6.45, 7) is 7.11. The number of carbonyl (C=O) groups excluding carboxylic acids is 1. The Morgan fingerprint density at radius 1 is 1.38 bits per heavy atom. The van der Waals surface area contributed by atoms with Crippen molar-refractivity contribution in [2.75, 3.05) is 39.9 Å². The Hall–Kier alpha value is -2.06. The molecule has 0 aliphatic carbocycles. The van der Waals surface area contributed by atoms with Crippen LogP contribution in [0.15, 0.2) is 21.5 Å². The Morgan fingerprint density at radius 3 is 2.71 bits per heavy atom. The van der Waals surface area contributed by atoms with Gasteiger partial charge in [0.25, 0.3) is 0 Å². The third kappa shape index (κ3) is 7.01. The van der Waals surface area contributed by atoms with E-state index in [0.717, 1.165) is 5.76 Å². The number of amides is 1. The second kappa shape index (κ2) is 9.94. The first-order valence-electron chi connectivity index (χ1n) is 7.96. The summed E-state index contributed by atoms with van der Waals surface area (Å²) < 4.78 is 10.3. The van der Waals surface area contributed by atoms with Gasteiger partial charge in [0.05, 0.1) is 13.2 Å². The summed E-state index contributed by atoms with van der Waals surface area (Å²) in [4.78, 5) is 15.9. The Morgan fingerprint density at radius 2 is 2.12 bits per heavy atom. The zero-order chi connectivity index (χ0) is 18.0. The normalized spacial score (nSPS) is 14.1. The molecule has 1 unspecified atom stereocenters. The first-order valence-corrected chi connectivity index (χ1v) is 7.96. The van der Waals surface area contributed by atoms with E-state index < -0.39 is 5.60 Å². The molecule has 8 heteroatoms. The number of aliphatic hydroxyl groups is 1. The maximum Gasteiger partial charge on any atom is 0.241 e. The lowest BCUT2D eigenvalue weighted by molar-refractivity contribution is -0.119. The van der Waals surface area contributed by atoms with Crippen molar-refractivity contribution in [1.82, 2.24) is 16.0 Å². The lowest BCUT2D eigenvalue weighted by Gasteiger charge is -2.22. The maximum atomic E-state index is 11.7. The molecule has 8 nitrogen and oxygen atoms in total. The lowest BCUT2D eigenvalue weighted by atomic mass is 10.0. The van der Waals surface area contributed by atoms with Gasteiger partial charge < -0.3 is 30.2 Å². The van der Waals surface area contributed by atoms with Crippen LogP contribution in [-0.2, 0) is 15.1 Å². The fraction of sp³-hybridized carbons (Fsp3) is 0.625. The van der Waals surface area contributed by atoms with Crippen LogP contribution < -0.4 is 16.0 Å². The summed E-state index contributed by atoms with van der Waals surface area (Å²) in [5, 5.41) is 19.2. The molecule has 0 fully saturated rings. The quantitative estimate of drug-likeness (QED) is 0.289. The van der Waals surface area contributed by atoms with Crippen molar-refractivity contribution in [1.29, 1.82) is 0 Å². The minimum atomic E-state index is -1.19. The zero-order valence-corrected chi connectivity index (χ0v) is 14.8. The van der Waals surface area contributed by atoms with Gasteiger partial charge in [-0.05, 0) is 32.9 Å². The average Bonchev–Trinajstić information content (AvgIpc) is 2.98. The molecule has 0 spiro atoms. The van der Waals surface area contributed by atoms with Gasteiger partial charge in [-0.1, -0.05) is 0 Å². The molecule has 0 saturated heterocycles. The van der Waals surface area contributed by atoms with E-state index in [1.807, 2.05) is 13.8 Å². The Balaban J connectivity index is 2.55. The molecule has 1 rings (SSSR count). The largest absolute Gasteiger partial charge is 0.463 e. The van der Waals surface area contributed by atoms with E-state index in [1.165, 1.54) is 0 Å². The highest BCUT2D eigenvalue weighted by Gasteiger charge is 2.27. The van der Waals surface area contributed by atoms with Gasteiger partial charge in [0.2, 0.25) is 5.91 Å². The minimum Gasteiger partial charge on any atom is -0.463 e. The number of hydrogen-bond donors (Lipinski definition) is 4. The van der Waals surface area contributed by atoms with E-state index in [4.69, 9.17) is 9.15 Å². The van der Waals surface area contributed by atoms with Gasteiger partial charge in [-0.25, -0.2) is 4.99 Å². The van der Waals surface area contributed by atoms with E-state index in [2.05, 4.69) is 20.9 Å². The number of ether oxygens (including phenoxy) is 1. The Bertz CT molecular complexity index is 540. The highest BCUT2D eigenvalue weighted by Crippen LogP contribution is 2.21. The van der Waals surface area contributed by atoms with Crippen molar-refractivity contribution in [2.45, 2.75) is 26.4 Å². The zero-order valence-electron chi connectivity index (χ0n) is 14.8. The molecule has 0 aromatic carbocycles. The molecule has 1 aromatic rings. The third-order valence-electron chi connectivity index (χ3n) is 3.22. The number of hydrogen-bond acceptors (Lipinski definition) is 5. The summed E-state index contributed by atoms with van der Waals surface area (Å²) in [5.74, 6) is 1.46. The van der Waals surface area contributed by atoms with Crippen molar-refractivity contribution in [3.63, 3.8) is 0 Å². The van der Waals surface area contributed by atoms with Gasteiger partial charge in [0, 0.05) is 20.2 Å². The van der Waals surface area contributed by atoms with Gasteiger partial charge in [-0.15, -0.1) is 0 Å². The highest BCUT2D eigenvalue weighted by atomic mass is 16.5. The van der Waals surface area contributed by atoms with Crippen LogP contribution in [-0.4, -0.2) is 56.9 Å². The molecule has 4 N–H and O–H groups in total. The minimum absolute atomic E-state index is 0.0128. The number of aliphatic imine (C=N–C) groups is 1. The van der Waals surface area contributed by atoms with Crippen molar-refractivity contribution in [3.05, 3.63) is 23.7 Å². The van der Waals surface area contributed by atoms with Crippen LogP contribution in [0.2, 0.25) is 0 Å². The van der Waals surface area contributed by atoms with Crippen LogP contribution in [0.1, 0.15) is 25.4 Å². The van der Waals surface area contributed by atoms with E-state index >= 15 is 0 Å². The summed E-state index contributed by atoms with van der Waals surface area (Å²) in [6, 6.07) is 3.54. The SMILES string of the molecule is CCNC(=NCC(=O)NCCOC)NCC(C)(O)c1ccc(C)o1. The van der Waals surface area contributed by atoms with Crippen LogP contribution in [0.4, 0.5) is 0 Å². The maximum absolute atomic E-state index is 11.7. The van der Waals surface area contributed by atoms with Crippen molar-refractivity contribution >= 4 is 11.9 Å². The Labute approximate surface area is 142 Å². The van der Waals surface area contributed by atoms with Crippen LogP contribution >= 0.6 is 0 Å². The highest BCUT2D eigenvalue weighted by molar-refractivity contribution is 5.84. The smallest absolute Gasteiger partial charge is 0.241 e. The van der Waals surface area contributed by atoms with Crippen LogP contribution in [0, 0.1) is 6.92 Å². The van der Waals surface area contributed by atoms with E-state index in [0.29, 0.717) is 31.4 Å². The second-order valence-electron chi connectivity index (χ2n) is 5.58. The lowest BCUT2D eigenvalue weighted by Crippen LogP contribution is -2.45. The monoisotopic (exact) mass is 340 g/mol. The Kier molecular flexibility index (Phi) is 8.28. The molecule has 1 aromatic heterocycles. The molecule has 24 heavy (non-hydrogen) atoms. The van der Waals surface area contributed by atoms with Crippen molar-refractivity contribution in [2.24, 2.45) is 4.99 Å². The van der Waals surface area contributed by atoms with Crippen molar-refractivity contribution in [3.8, 4) is 0 Å². The molecule has 1 atom stereocenters. The molecule has 0 bridgehead atoms. The average molecular weight is 340 g/mol. The number of aryl methyl sites for hydroxylation is 1. The number of carbonyl (C=O) groups is 1. The number of guanidine groups is 1. The van der Waals surface area contributed by atoms with Crippen LogP contribution in [0.3, 0.4) is 0 Å². The first-order chi connectivity index (χ1) is 11.4. The van der Waals surface area contributed by atoms with E-state index in [1.54, 1.807) is 26.2 Å². The predicted molar refractivity (Wildman–Crippen MR) is 91.9 cm³/mol. The number of nitrogens with zero attached hydrogens (tertiary/aromatic N) is 1. The van der Waals surface area contributed by atoms with Crippen molar-refractivity contribution < 1.29 is 19.1 Å². The van der Waals surface area contributed by atoms with Gasteiger partial charge in [-0.2, -0.15) is 0 Å². The number of methoxy groups -OCH3 is 1. The molecular weight excluding hydrogens is 312 g/mol. The summed E-state index contributed by atoms with van der Waals surface area (Å²) >= 11 is 0. The third-order valence-corrected chi connectivity index (χ3v) is 3.22. The van der Waals surface area contributed by atoms with E-state index in [9.17, 15) is 9.90 Å². The summed E-state index contributed by atoms with van der Waals surface area (Å²) in [7, 11) is 1.57. The van der Waals surface area contributed by atoms with Gasteiger partial charge >= 0.3 is 0 Å². The molecule has 0 radical (unpaired) electrons. The van der Waals surface area contributed by atoms with E-state index in [-0.39, 0.29) is 19.0 Å². The molecule has 0 aliphatic heterocycles. The molecule has 136 valence electrons. The molecule has 1 amide bonds. The van der Waals surface area contributed by atoms with Gasteiger partial charge in [0.1, 0.15) is 23.7 Å². The molecule has 0 saturated carbocycles. The van der Waals surface area contributed by atoms with Crippen LogP contribution in [0.5, 0.6) is 0 Å². The van der Waals surface area contributed by atoms with Gasteiger partial charge in [0.15, 0.2) is 5.96 Å². The van der Waals surface area contributed by atoms with Gasteiger partial charge in [-0.3, -0.25) is 4.79 Å². The molecule has 1 heterocycles. The fourth-order valence-electron chi connectivity index (χ4n) is 1.91. The van der Waals surface area contributed by atoms with Crippen LogP contribution in [0.25, 0.3) is 0 Å². The predicted octanol–water partition coefficient (Wildman–Crippen LogP) is 0.113. The summed E-state index contributed by atoms with van der Waals surface area (Å²) in [5.41, 5.74) is -1.19. The number of nitrogens with one attached hydrogen (secondary N) is 3. The molecular formula is C16H28N4O4. The molecule has 0 aliphatic rings. The number of rotatable bonds is 9. The summed E-state index contributed by atoms with van der Waals surface area (Å²) in [6.07, 6.45) is 0. The second-order valence-corrected chi connectivity index (χ2v) is 5.58. The first kappa shape index (κ1) is 20.0. The number of furan rings is 1. The standard InChI is InChI=1S/C16H28N4O4/c1-5-17-15(19-10-14(21)18-8-9-23-4)20-11-16(3,22)13-7-6-12(2)24-13/h6-7,22H,5,8-11H2,1-4H3,(H,18,21)(H2,17,19,20).